The Hall–Kier alpha value is -1.94. The van der Waals surface area contributed by atoms with Crippen molar-refractivity contribution in [3.05, 3.63) is 68.2 Å². The lowest BCUT2D eigenvalue weighted by Crippen LogP contribution is -2.17. The summed E-state index contributed by atoms with van der Waals surface area (Å²) in [5, 5.41) is 12.8. The lowest BCUT2D eigenvalue weighted by molar-refractivity contribution is -0.421. The van der Waals surface area contributed by atoms with Gasteiger partial charge in [-0.2, -0.15) is 0 Å². The van der Waals surface area contributed by atoms with Crippen LogP contribution < -0.4 is 0 Å². The van der Waals surface area contributed by atoms with Crippen LogP contribution in [-0.2, 0) is 6.42 Å². The first-order valence-electron chi connectivity index (χ1n) is 8.22. The molecule has 4 heteroatoms. The van der Waals surface area contributed by atoms with Gasteiger partial charge in [-0.05, 0) is 54.7 Å². The van der Waals surface area contributed by atoms with Crippen LogP contribution >= 0.6 is 11.3 Å². The van der Waals surface area contributed by atoms with Gasteiger partial charge in [0.1, 0.15) is 0 Å². The molecule has 0 saturated carbocycles. The van der Waals surface area contributed by atoms with Crippen LogP contribution in [0.15, 0.2) is 47.7 Å². The predicted molar refractivity (Wildman–Crippen MR) is 94.4 cm³/mol. The van der Waals surface area contributed by atoms with Gasteiger partial charge in [0.15, 0.2) is 0 Å². The highest BCUT2D eigenvalue weighted by molar-refractivity contribution is 7.19. The van der Waals surface area contributed by atoms with Gasteiger partial charge >= 0.3 is 0 Å². The summed E-state index contributed by atoms with van der Waals surface area (Å²) in [6, 6.07) is 8.51. The third-order valence-electron chi connectivity index (χ3n) is 4.98. The summed E-state index contributed by atoms with van der Waals surface area (Å²) >= 11 is 1.83. The Morgan fingerprint density at radius 3 is 2.96 bits per heavy atom. The van der Waals surface area contributed by atoms with Crippen molar-refractivity contribution in [2.45, 2.75) is 38.5 Å². The smallest absolute Gasteiger partial charge is 0.258 e. The molecule has 2 aliphatic rings. The van der Waals surface area contributed by atoms with E-state index in [0.29, 0.717) is 11.6 Å². The van der Waals surface area contributed by atoms with Crippen molar-refractivity contribution in [2.24, 2.45) is 5.92 Å². The number of fused-ring (bicyclic) bond motifs is 3. The minimum Gasteiger partial charge on any atom is -0.258 e. The van der Waals surface area contributed by atoms with E-state index in [2.05, 4.69) is 37.3 Å². The van der Waals surface area contributed by atoms with Gasteiger partial charge in [0.05, 0.1) is 4.92 Å². The minimum atomic E-state index is -0.195. The van der Waals surface area contributed by atoms with Crippen LogP contribution in [-0.4, -0.2) is 4.92 Å². The second-order valence-corrected chi connectivity index (χ2v) is 7.65. The van der Waals surface area contributed by atoms with Crippen molar-refractivity contribution in [2.75, 3.05) is 0 Å². The largest absolute Gasteiger partial charge is 0.268 e. The average Bonchev–Trinajstić information content (AvgIpc) is 2.93. The molecule has 2 aliphatic carbocycles. The highest BCUT2D eigenvalue weighted by Gasteiger charge is 2.34. The van der Waals surface area contributed by atoms with E-state index >= 15 is 0 Å². The fraction of sp³-hybridized carbons (Fsp3) is 0.368. The summed E-state index contributed by atoms with van der Waals surface area (Å²) < 4.78 is 1.31. The molecule has 0 N–H and O–H groups in total. The third-order valence-corrected chi connectivity index (χ3v) is 6.31. The Kier molecular flexibility index (Phi) is 3.57. The number of rotatable bonds is 2. The van der Waals surface area contributed by atoms with Gasteiger partial charge < -0.3 is 0 Å². The number of nitrogens with zero attached hydrogens (tertiary/aromatic N) is 1. The van der Waals surface area contributed by atoms with E-state index in [0.717, 1.165) is 31.3 Å². The molecule has 2 unspecified atom stereocenters. The number of nitro groups is 1. The number of thiophene rings is 1. The monoisotopic (exact) mass is 325 g/mol. The molecule has 1 aromatic heterocycles. The van der Waals surface area contributed by atoms with Crippen molar-refractivity contribution in [3.8, 4) is 0 Å². The van der Waals surface area contributed by atoms with E-state index in [9.17, 15) is 10.1 Å². The van der Waals surface area contributed by atoms with E-state index in [1.165, 1.54) is 20.5 Å². The van der Waals surface area contributed by atoms with Crippen molar-refractivity contribution < 1.29 is 4.92 Å². The molecule has 3 nitrogen and oxygen atoms in total. The second kappa shape index (κ2) is 5.60. The number of aryl methyl sites for hydroxylation is 1. The molecule has 1 heterocycles. The molecule has 0 aliphatic heterocycles. The standard InChI is InChI=1S/C19H19NO2S/c1-12-9-10-17(20(21)22)16(11-12)15-7-4-6-14-13-5-2-3-8-18(13)23-19(14)15/h2-3,5,8,10-12,15H,4,6-7,9H2,1H3. The summed E-state index contributed by atoms with van der Waals surface area (Å²) in [6.45, 7) is 2.14. The SMILES string of the molecule is CC1C=C(C2CCCc3c2sc2ccccc32)C([N+](=O)[O-])=CC1. The molecule has 2 aromatic rings. The molecule has 0 amide bonds. The van der Waals surface area contributed by atoms with E-state index in [-0.39, 0.29) is 10.8 Å². The molecule has 118 valence electrons. The molecular weight excluding hydrogens is 306 g/mol. The Morgan fingerprint density at radius 2 is 2.13 bits per heavy atom. The number of hydrogen-bond acceptors (Lipinski definition) is 3. The molecular formula is C19H19NO2S. The average molecular weight is 325 g/mol. The van der Waals surface area contributed by atoms with Gasteiger partial charge in [-0.3, -0.25) is 10.1 Å². The van der Waals surface area contributed by atoms with Crippen LogP contribution in [0.2, 0.25) is 0 Å². The van der Waals surface area contributed by atoms with Gasteiger partial charge in [-0.25, -0.2) is 0 Å². The molecule has 1 aromatic carbocycles. The second-order valence-electron chi connectivity index (χ2n) is 6.57. The zero-order valence-corrected chi connectivity index (χ0v) is 13.9. The Bertz CT molecular complexity index is 846. The number of benzene rings is 1. The van der Waals surface area contributed by atoms with Crippen molar-refractivity contribution in [3.63, 3.8) is 0 Å². The summed E-state index contributed by atoms with van der Waals surface area (Å²) in [5.74, 6) is 0.573. The van der Waals surface area contributed by atoms with Gasteiger partial charge in [0.25, 0.3) is 5.70 Å². The molecule has 0 spiro atoms. The zero-order chi connectivity index (χ0) is 16.0. The summed E-state index contributed by atoms with van der Waals surface area (Å²) in [4.78, 5) is 12.7. The van der Waals surface area contributed by atoms with Crippen LogP contribution in [0.1, 0.15) is 42.5 Å². The highest BCUT2D eigenvalue weighted by atomic mass is 32.1. The molecule has 0 fully saturated rings. The van der Waals surface area contributed by atoms with Crippen molar-refractivity contribution in [1.29, 1.82) is 0 Å². The quantitative estimate of drug-likeness (QED) is 0.544. The highest BCUT2D eigenvalue weighted by Crippen LogP contribution is 2.47. The van der Waals surface area contributed by atoms with Crippen LogP contribution in [0.4, 0.5) is 0 Å². The lowest BCUT2D eigenvalue weighted by atomic mass is 9.79. The Morgan fingerprint density at radius 1 is 1.30 bits per heavy atom. The molecule has 0 saturated heterocycles. The maximum Gasteiger partial charge on any atom is 0.268 e. The van der Waals surface area contributed by atoms with Crippen LogP contribution in [0, 0.1) is 16.0 Å². The third kappa shape index (κ3) is 2.41. The van der Waals surface area contributed by atoms with E-state index in [1.54, 1.807) is 0 Å². The van der Waals surface area contributed by atoms with Crippen LogP contribution in [0.25, 0.3) is 10.1 Å². The molecule has 0 bridgehead atoms. The molecule has 2 atom stereocenters. The molecule has 23 heavy (non-hydrogen) atoms. The lowest BCUT2D eigenvalue weighted by Gasteiger charge is -2.26. The fourth-order valence-electron chi connectivity index (χ4n) is 3.92. The molecule has 0 radical (unpaired) electrons. The fourth-order valence-corrected chi connectivity index (χ4v) is 5.32. The first kappa shape index (κ1) is 14.6. The zero-order valence-electron chi connectivity index (χ0n) is 13.1. The minimum absolute atomic E-state index is 0.190. The van der Waals surface area contributed by atoms with E-state index < -0.39 is 0 Å². The number of allylic oxidation sites excluding steroid dienone is 3. The maximum absolute atomic E-state index is 11.5. The Labute approximate surface area is 139 Å². The van der Waals surface area contributed by atoms with Crippen molar-refractivity contribution >= 4 is 21.4 Å². The van der Waals surface area contributed by atoms with Crippen LogP contribution in [0.5, 0.6) is 0 Å². The maximum atomic E-state index is 11.5. The Balaban J connectivity index is 1.85. The topological polar surface area (TPSA) is 43.1 Å². The summed E-state index contributed by atoms with van der Waals surface area (Å²) in [5.41, 5.74) is 2.70. The normalized spacial score (nSPS) is 24.0. The van der Waals surface area contributed by atoms with E-state index in [1.807, 2.05) is 17.4 Å². The first-order valence-corrected chi connectivity index (χ1v) is 9.03. The van der Waals surface area contributed by atoms with Crippen LogP contribution in [0.3, 0.4) is 0 Å². The summed E-state index contributed by atoms with van der Waals surface area (Å²) in [6.07, 6.45) is 7.95. The van der Waals surface area contributed by atoms with Gasteiger partial charge in [-0.1, -0.05) is 31.2 Å². The van der Waals surface area contributed by atoms with Crippen molar-refractivity contribution in [1.82, 2.24) is 0 Å². The summed E-state index contributed by atoms with van der Waals surface area (Å²) in [7, 11) is 0. The predicted octanol–water partition coefficient (Wildman–Crippen LogP) is 5.45. The van der Waals surface area contributed by atoms with E-state index in [4.69, 9.17) is 0 Å². The first-order chi connectivity index (χ1) is 11.1. The van der Waals surface area contributed by atoms with Gasteiger partial charge in [-0.15, -0.1) is 11.3 Å². The number of hydrogen-bond donors (Lipinski definition) is 0. The van der Waals surface area contributed by atoms with Gasteiger partial charge in [0, 0.05) is 21.1 Å². The van der Waals surface area contributed by atoms with Gasteiger partial charge in [0.2, 0.25) is 0 Å². The molecule has 4 rings (SSSR count).